The summed E-state index contributed by atoms with van der Waals surface area (Å²) in [5.41, 5.74) is 1.04. The Morgan fingerprint density at radius 1 is 1.05 bits per heavy atom. The summed E-state index contributed by atoms with van der Waals surface area (Å²) < 4.78 is 5.59. The maximum atomic E-state index is 12.2. The maximum absolute atomic E-state index is 12.2. The minimum absolute atomic E-state index is 0.0947. The summed E-state index contributed by atoms with van der Waals surface area (Å²) in [7, 11) is 0. The Morgan fingerprint density at radius 2 is 1.64 bits per heavy atom. The van der Waals surface area contributed by atoms with Crippen LogP contribution in [0.5, 0.6) is 5.75 Å². The lowest BCUT2D eigenvalue weighted by molar-refractivity contribution is -0.127. The van der Waals surface area contributed by atoms with Crippen molar-refractivity contribution >= 4 is 29.1 Å². The topological polar surface area (TPSA) is 38.3 Å². The molecule has 0 fully saturated rings. The molecule has 0 heterocycles. The van der Waals surface area contributed by atoms with Crippen molar-refractivity contribution in [2.75, 3.05) is 0 Å². The van der Waals surface area contributed by atoms with Crippen LogP contribution in [0.3, 0.4) is 0 Å². The van der Waals surface area contributed by atoms with Gasteiger partial charge in [0.05, 0.1) is 6.04 Å². The summed E-state index contributed by atoms with van der Waals surface area (Å²) >= 11 is 11.8. The van der Waals surface area contributed by atoms with Gasteiger partial charge in [0.15, 0.2) is 6.10 Å². The van der Waals surface area contributed by atoms with E-state index >= 15 is 0 Å². The van der Waals surface area contributed by atoms with Gasteiger partial charge < -0.3 is 10.1 Å². The van der Waals surface area contributed by atoms with Crippen molar-refractivity contribution in [3.05, 3.63) is 64.1 Å². The smallest absolute Gasteiger partial charge is 0.261 e. The molecule has 2 atom stereocenters. The van der Waals surface area contributed by atoms with E-state index in [4.69, 9.17) is 27.9 Å². The number of ether oxygens (including phenoxy) is 1. The van der Waals surface area contributed by atoms with E-state index in [9.17, 15) is 4.79 Å². The Kier molecular flexibility index (Phi) is 5.69. The highest BCUT2D eigenvalue weighted by molar-refractivity contribution is 6.34. The Hall–Kier alpha value is -1.71. The lowest BCUT2D eigenvalue weighted by Crippen LogP contribution is -2.37. The fourth-order valence-electron chi connectivity index (χ4n) is 2.01. The van der Waals surface area contributed by atoms with Gasteiger partial charge in [-0.05, 0) is 37.6 Å². The number of amides is 1. The average molecular weight is 338 g/mol. The molecule has 0 saturated heterocycles. The van der Waals surface area contributed by atoms with Gasteiger partial charge in [0.1, 0.15) is 5.75 Å². The molecular weight excluding hydrogens is 321 g/mol. The Labute approximate surface area is 140 Å². The molecule has 3 nitrogen and oxygen atoms in total. The normalized spacial score (nSPS) is 13.3. The van der Waals surface area contributed by atoms with Crippen LogP contribution < -0.4 is 10.1 Å². The molecule has 0 aliphatic rings. The molecule has 2 unspecified atom stereocenters. The molecule has 2 aromatic rings. The van der Waals surface area contributed by atoms with E-state index in [0.717, 1.165) is 5.56 Å². The maximum Gasteiger partial charge on any atom is 0.261 e. The largest absolute Gasteiger partial charge is 0.481 e. The number of rotatable bonds is 5. The summed E-state index contributed by atoms with van der Waals surface area (Å²) in [6.45, 7) is 3.61. The molecule has 116 valence electrons. The van der Waals surface area contributed by atoms with Crippen LogP contribution in [0.1, 0.15) is 25.5 Å². The number of carbonyl (C=O) groups excluding carboxylic acids is 1. The van der Waals surface area contributed by atoms with Crippen molar-refractivity contribution in [3.63, 3.8) is 0 Å². The molecule has 22 heavy (non-hydrogen) atoms. The second-order valence-corrected chi connectivity index (χ2v) is 5.88. The molecule has 1 N–H and O–H groups in total. The Bertz CT molecular complexity index is 626. The van der Waals surface area contributed by atoms with E-state index in [1.165, 1.54) is 0 Å². The van der Waals surface area contributed by atoms with E-state index in [-0.39, 0.29) is 11.9 Å². The highest BCUT2D eigenvalue weighted by Crippen LogP contribution is 2.25. The molecule has 0 aromatic heterocycles. The first-order valence-corrected chi connectivity index (χ1v) is 7.69. The fraction of sp³-hybridized carbons (Fsp3) is 0.235. The van der Waals surface area contributed by atoms with Crippen LogP contribution in [-0.2, 0) is 4.79 Å². The highest BCUT2D eigenvalue weighted by atomic mass is 35.5. The second-order valence-electron chi connectivity index (χ2n) is 5.01. The van der Waals surface area contributed by atoms with Crippen molar-refractivity contribution in [1.82, 2.24) is 5.32 Å². The number of benzene rings is 2. The van der Waals surface area contributed by atoms with Crippen LogP contribution in [0.25, 0.3) is 0 Å². The third-order valence-corrected chi connectivity index (χ3v) is 3.61. The van der Waals surface area contributed by atoms with Crippen molar-refractivity contribution in [1.29, 1.82) is 0 Å². The van der Waals surface area contributed by atoms with Gasteiger partial charge in [-0.3, -0.25) is 4.79 Å². The average Bonchev–Trinajstić information content (AvgIpc) is 2.46. The van der Waals surface area contributed by atoms with Crippen LogP contribution in [0.2, 0.25) is 10.0 Å². The summed E-state index contributed by atoms with van der Waals surface area (Å²) in [6.07, 6.45) is -0.652. The van der Waals surface area contributed by atoms with E-state index in [0.29, 0.717) is 15.8 Å². The zero-order valence-corrected chi connectivity index (χ0v) is 13.9. The van der Waals surface area contributed by atoms with E-state index < -0.39 is 6.10 Å². The first-order chi connectivity index (χ1) is 10.5. The van der Waals surface area contributed by atoms with Crippen LogP contribution in [-0.4, -0.2) is 12.0 Å². The van der Waals surface area contributed by atoms with Gasteiger partial charge in [-0.2, -0.15) is 0 Å². The number of hydrogen-bond donors (Lipinski definition) is 1. The van der Waals surface area contributed by atoms with E-state index in [2.05, 4.69) is 5.32 Å². The summed E-state index contributed by atoms with van der Waals surface area (Å²) in [6, 6.07) is 14.5. The van der Waals surface area contributed by atoms with Crippen LogP contribution in [0.15, 0.2) is 48.5 Å². The third-order valence-electron chi connectivity index (χ3n) is 3.18. The second kappa shape index (κ2) is 7.52. The summed E-state index contributed by atoms with van der Waals surface area (Å²) in [5, 5.41) is 3.85. The van der Waals surface area contributed by atoms with Gasteiger partial charge in [-0.15, -0.1) is 0 Å². The minimum atomic E-state index is -0.652. The summed E-state index contributed by atoms with van der Waals surface area (Å²) in [4.78, 5) is 12.2. The molecule has 0 aliphatic carbocycles. The van der Waals surface area contributed by atoms with E-state index in [1.807, 2.05) is 37.3 Å². The van der Waals surface area contributed by atoms with E-state index in [1.54, 1.807) is 25.1 Å². The first-order valence-electron chi connectivity index (χ1n) is 6.94. The van der Waals surface area contributed by atoms with Crippen molar-refractivity contribution in [3.8, 4) is 5.75 Å². The van der Waals surface area contributed by atoms with Gasteiger partial charge >= 0.3 is 0 Å². The highest BCUT2D eigenvalue weighted by Gasteiger charge is 2.18. The standard InChI is InChI=1S/C17H17Cl2NO2/c1-11(13-6-4-3-5-7-13)20-17(21)12(2)22-16-9-14(18)8-15(19)10-16/h3-12H,1-2H3,(H,20,21). The van der Waals surface area contributed by atoms with Gasteiger partial charge in [-0.1, -0.05) is 53.5 Å². The molecule has 1 amide bonds. The van der Waals surface area contributed by atoms with Crippen molar-refractivity contribution in [2.24, 2.45) is 0 Å². The van der Waals surface area contributed by atoms with Gasteiger partial charge in [0, 0.05) is 10.0 Å². The molecule has 0 bridgehead atoms. The van der Waals surface area contributed by atoms with Crippen molar-refractivity contribution in [2.45, 2.75) is 26.0 Å². The predicted octanol–water partition coefficient (Wildman–Crippen LogP) is 4.64. The number of hydrogen-bond acceptors (Lipinski definition) is 2. The minimum Gasteiger partial charge on any atom is -0.481 e. The van der Waals surface area contributed by atoms with Crippen LogP contribution in [0.4, 0.5) is 0 Å². The third kappa shape index (κ3) is 4.65. The quantitative estimate of drug-likeness (QED) is 0.863. The predicted molar refractivity (Wildman–Crippen MR) is 89.6 cm³/mol. The monoisotopic (exact) mass is 337 g/mol. The Balaban J connectivity index is 1.97. The zero-order valence-electron chi connectivity index (χ0n) is 12.3. The molecule has 2 aromatic carbocycles. The van der Waals surface area contributed by atoms with Gasteiger partial charge in [0.2, 0.25) is 0 Å². The first kappa shape index (κ1) is 16.7. The van der Waals surface area contributed by atoms with Gasteiger partial charge in [0.25, 0.3) is 5.91 Å². The lowest BCUT2D eigenvalue weighted by atomic mass is 10.1. The lowest BCUT2D eigenvalue weighted by Gasteiger charge is -2.19. The molecule has 0 radical (unpaired) electrons. The molecular formula is C17H17Cl2NO2. The SMILES string of the molecule is CC(Oc1cc(Cl)cc(Cl)c1)C(=O)NC(C)c1ccccc1. The van der Waals surface area contributed by atoms with Crippen LogP contribution >= 0.6 is 23.2 Å². The molecule has 0 spiro atoms. The summed E-state index contributed by atoms with van der Waals surface area (Å²) in [5.74, 6) is 0.264. The number of halogens is 2. The van der Waals surface area contributed by atoms with Gasteiger partial charge in [-0.25, -0.2) is 0 Å². The van der Waals surface area contributed by atoms with Crippen LogP contribution in [0, 0.1) is 0 Å². The molecule has 2 rings (SSSR count). The molecule has 0 aliphatic heterocycles. The Morgan fingerprint density at radius 3 is 2.23 bits per heavy atom. The van der Waals surface area contributed by atoms with Crippen molar-refractivity contribution < 1.29 is 9.53 Å². The number of carbonyl (C=O) groups is 1. The molecule has 0 saturated carbocycles. The number of nitrogens with one attached hydrogen (secondary N) is 1. The fourth-order valence-corrected chi connectivity index (χ4v) is 2.52. The zero-order chi connectivity index (χ0) is 16.1. The molecule has 5 heteroatoms.